The first kappa shape index (κ1) is 28.9. The van der Waals surface area contributed by atoms with E-state index in [9.17, 15) is 10.1 Å². The van der Waals surface area contributed by atoms with E-state index in [4.69, 9.17) is 9.16 Å². The molecule has 0 saturated carbocycles. The molecule has 5 heteroatoms. The zero-order chi connectivity index (χ0) is 27.5. The van der Waals surface area contributed by atoms with Crippen molar-refractivity contribution in [2.75, 3.05) is 6.61 Å². The number of esters is 1. The molecule has 0 bridgehead atoms. The molecule has 0 fully saturated rings. The molecule has 0 aliphatic rings. The topological polar surface area (TPSA) is 59.3 Å². The second-order valence-electron chi connectivity index (χ2n) is 10.3. The SMILES string of the molecule is CCCCOC(=O)/C=C/c1ccc(C[Si](Oc2ccc(-c3ccccc3C#N)cc2)(C(C)C)C(C)C)cc1. The molecular formula is C33H39NO3Si. The summed E-state index contributed by atoms with van der Waals surface area (Å²) in [6, 6.07) is 27.4. The van der Waals surface area contributed by atoms with Crippen molar-refractivity contribution in [1.29, 1.82) is 5.26 Å². The molecule has 0 saturated heterocycles. The first-order valence-electron chi connectivity index (χ1n) is 13.5. The Kier molecular flexibility index (Phi) is 10.5. The number of carbonyl (C=O) groups excluding carboxylic acids is 1. The number of rotatable bonds is 12. The largest absolute Gasteiger partial charge is 0.543 e. The summed E-state index contributed by atoms with van der Waals surface area (Å²) < 4.78 is 12.1. The van der Waals surface area contributed by atoms with Crippen LogP contribution in [-0.4, -0.2) is 20.9 Å². The quantitative estimate of drug-likeness (QED) is 0.103. The van der Waals surface area contributed by atoms with Crippen molar-refractivity contribution < 1.29 is 14.0 Å². The number of unbranched alkanes of at least 4 members (excludes halogenated alkanes) is 1. The fraction of sp³-hybridized carbons (Fsp3) is 0.333. The van der Waals surface area contributed by atoms with E-state index in [1.165, 1.54) is 11.6 Å². The average Bonchev–Trinajstić information content (AvgIpc) is 2.92. The molecule has 0 radical (unpaired) electrons. The van der Waals surface area contributed by atoms with Gasteiger partial charge in [0.05, 0.1) is 18.2 Å². The van der Waals surface area contributed by atoms with Crippen LogP contribution >= 0.6 is 0 Å². The Labute approximate surface area is 229 Å². The summed E-state index contributed by atoms with van der Waals surface area (Å²) in [5.41, 5.74) is 5.62. The van der Waals surface area contributed by atoms with Crippen molar-refractivity contribution in [1.82, 2.24) is 0 Å². The highest BCUT2D eigenvalue weighted by molar-refractivity contribution is 6.76. The first-order chi connectivity index (χ1) is 18.3. The molecule has 0 N–H and O–H groups in total. The van der Waals surface area contributed by atoms with Crippen LogP contribution in [0.5, 0.6) is 5.75 Å². The maximum absolute atomic E-state index is 11.9. The highest BCUT2D eigenvalue weighted by Crippen LogP contribution is 2.38. The second-order valence-corrected chi connectivity index (χ2v) is 15.1. The van der Waals surface area contributed by atoms with E-state index in [0.717, 1.165) is 41.3 Å². The van der Waals surface area contributed by atoms with E-state index in [2.05, 4.69) is 52.8 Å². The van der Waals surface area contributed by atoms with Gasteiger partial charge in [-0.15, -0.1) is 0 Å². The zero-order valence-electron chi connectivity index (χ0n) is 23.2. The average molecular weight is 526 g/mol. The molecule has 38 heavy (non-hydrogen) atoms. The van der Waals surface area contributed by atoms with Gasteiger partial charge in [-0.3, -0.25) is 0 Å². The molecule has 198 valence electrons. The molecule has 0 amide bonds. The van der Waals surface area contributed by atoms with Crippen molar-refractivity contribution in [2.45, 2.75) is 64.6 Å². The lowest BCUT2D eigenvalue weighted by Gasteiger charge is -2.39. The number of nitriles is 1. The summed E-state index contributed by atoms with van der Waals surface area (Å²) in [7, 11) is -2.26. The molecule has 0 spiro atoms. The van der Waals surface area contributed by atoms with E-state index in [1.54, 1.807) is 6.08 Å². The highest BCUT2D eigenvalue weighted by Gasteiger charge is 2.44. The van der Waals surface area contributed by atoms with Crippen LogP contribution in [0.4, 0.5) is 0 Å². The van der Waals surface area contributed by atoms with Crippen LogP contribution in [0.2, 0.25) is 11.1 Å². The van der Waals surface area contributed by atoms with Crippen LogP contribution in [0.1, 0.15) is 64.2 Å². The van der Waals surface area contributed by atoms with Gasteiger partial charge in [-0.2, -0.15) is 5.26 Å². The van der Waals surface area contributed by atoms with Crippen molar-refractivity contribution in [3.05, 3.63) is 95.6 Å². The van der Waals surface area contributed by atoms with Gasteiger partial charge in [0.2, 0.25) is 0 Å². The maximum atomic E-state index is 11.9. The Morgan fingerprint density at radius 2 is 1.61 bits per heavy atom. The van der Waals surface area contributed by atoms with Crippen LogP contribution in [0.25, 0.3) is 17.2 Å². The normalized spacial score (nSPS) is 11.6. The van der Waals surface area contributed by atoms with E-state index < -0.39 is 8.32 Å². The van der Waals surface area contributed by atoms with Gasteiger partial charge in [-0.05, 0) is 64.0 Å². The van der Waals surface area contributed by atoms with Crippen LogP contribution in [0, 0.1) is 11.3 Å². The number of ether oxygens (including phenoxy) is 1. The third kappa shape index (κ3) is 7.46. The number of hydrogen-bond acceptors (Lipinski definition) is 4. The summed E-state index contributed by atoms with van der Waals surface area (Å²) in [6.07, 6.45) is 5.18. The third-order valence-corrected chi connectivity index (χ3v) is 12.6. The van der Waals surface area contributed by atoms with Crippen molar-refractivity contribution in [2.24, 2.45) is 0 Å². The van der Waals surface area contributed by atoms with Crippen LogP contribution in [0.3, 0.4) is 0 Å². The van der Waals surface area contributed by atoms with E-state index >= 15 is 0 Å². The molecule has 0 aliphatic heterocycles. The smallest absolute Gasteiger partial charge is 0.330 e. The van der Waals surface area contributed by atoms with E-state index in [1.807, 2.05) is 60.7 Å². The molecule has 3 rings (SSSR count). The lowest BCUT2D eigenvalue weighted by atomic mass is 10.0. The molecular weight excluding hydrogens is 486 g/mol. The highest BCUT2D eigenvalue weighted by atomic mass is 28.4. The Morgan fingerprint density at radius 3 is 2.21 bits per heavy atom. The fourth-order valence-electron chi connectivity index (χ4n) is 4.70. The summed E-state index contributed by atoms with van der Waals surface area (Å²) in [5, 5.41) is 9.47. The van der Waals surface area contributed by atoms with Gasteiger partial charge in [0.1, 0.15) is 5.75 Å². The Hall–Kier alpha value is -3.62. The van der Waals surface area contributed by atoms with Crippen LogP contribution in [0.15, 0.2) is 78.9 Å². The van der Waals surface area contributed by atoms with Gasteiger partial charge in [-0.25, -0.2) is 4.79 Å². The molecule has 3 aromatic carbocycles. The molecule has 3 aromatic rings. The summed E-state index contributed by atoms with van der Waals surface area (Å²) >= 11 is 0. The third-order valence-electron chi connectivity index (χ3n) is 7.09. The van der Waals surface area contributed by atoms with Gasteiger partial charge in [-0.1, -0.05) is 95.6 Å². The predicted octanol–water partition coefficient (Wildman–Crippen LogP) is 8.51. The Morgan fingerprint density at radius 1 is 0.947 bits per heavy atom. The first-order valence-corrected chi connectivity index (χ1v) is 15.8. The van der Waals surface area contributed by atoms with Gasteiger partial charge in [0.15, 0.2) is 0 Å². The lowest BCUT2D eigenvalue weighted by Crippen LogP contribution is -2.50. The molecule has 0 heterocycles. The molecule has 0 aromatic heterocycles. The number of hydrogen-bond donors (Lipinski definition) is 0. The van der Waals surface area contributed by atoms with E-state index in [0.29, 0.717) is 23.3 Å². The van der Waals surface area contributed by atoms with E-state index in [-0.39, 0.29) is 5.97 Å². The molecule has 0 unspecified atom stereocenters. The summed E-state index contributed by atoms with van der Waals surface area (Å²) in [6.45, 7) is 11.6. The monoisotopic (exact) mass is 525 g/mol. The number of benzene rings is 3. The van der Waals surface area contributed by atoms with Crippen molar-refractivity contribution in [3.63, 3.8) is 0 Å². The predicted molar refractivity (Wildman–Crippen MR) is 158 cm³/mol. The minimum absolute atomic E-state index is 0.302. The molecule has 4 nitrogen and oxygen atoms in total. The standard InChI is InChI=1S/C33H39NO3Si/c1-6-7-22-36-33(35)21-16-27-12-14-28(15-13-27)24-38(25(2)3,26(4)5)37-31-19-17-29(18-20-31)32-11-9-8-10-30(32)23-34/h8-21,25-26H,6-7,22,24H2,1-5H3/b21-16+. The minimum atomic E-state index is -2.26. The molecule has 0 atom stereocenters. The number of nitrogens with zero attached hydrogens (tertiary/aromatic N) is 1. The Balaban J connectivity index is 1.77. The maximum Gasteiger partial charge on any atom is 0.330 e. The van der Waals surface area contributed by atoms with Gasteiger partial charge in [0, 0.05) is 12.1 Å². The van der Waals surface area contributed by atoms with Crippen molar-refractivity contribution >= 4 is 20.4 Å². The van der Waals surface area contributed by atoms with Gasteiger partial charge in [0.25, 0.3) is 8.32 Å². The fourth-order valence-corrected chi connectivity index (χ4v) is 8.84. The summed E-state index contributed by atoms with van der Waals surface area (Å²) in [5.74, 6) is 0.572. The van der Waals surface area contributed by atoms with Crippen LogP contribution in [-0.2, 0) is 15.6 Å². The van der Waals surface area contributed by atoms with Crippen molar-refractivity contribution in [3.8, 4) is 22.9 Å². The second kappa shape index (κ2) is 13.8. The zero-order valence-corrected chi connectivity index (χ0v) is 24.2. The lowest BCUT2D eigenvalue weighted by molar-refractivity contribution is -0.137. The van der Waals surface area contributed by atoms with Gasteiger partial charge >= 0.3 is 5.97 Å². The van der Waals surface area contributed by atoms with Crippen LogP contribution < -0.4 is 4.43 Å². The minimum Gasteiger partial charge on any atom is -0.543 e. The number of carbonyl (C=O) groups is 1. The Bertz CT molecular complexity index is 1250. The van der Waals surface area contributed by atoms with Gasteiger partial charge < -0.3 is 9.16 Å². The molecule has 0 aliphatic carbocycles. The summed E-state index contributed by atoms with van der Waals surface area (Å²) in [4.78, 5) is 11.9.